The molecule has 0 saturated heterocycles. The van der Waals surface area contributed by atoms with Crippen LogP contribution >= 0.6 is 11.6 Å². The first-order valence-electron chi connectivity index (χ1n) is 7.50. The highest BCUT2D eigenvalue weighted by molar-refractivity contribution is 6.30. The summed E-state index contributed by atoms with van der Waals surface area (Å²) in [5.74, 6) is 0.300. The van der Waals surface area contributed by atoms with Crippen molar-refractivity contribution >= 4 is 23.6 Å². The van der Waals surface area contributed by atoms with Crippen molar-refractivity contribution in [3.63, 3.8) is 0 Å². The van der Waals surface area contributed by atoms with Gasteiger partial charge in [-0.25, -0.2) is 4.79 Å². The molecule has 2 aromatic carbocycles. The summed E-state index contributed by atoms with van der Waals surface area (Å²) in [5.41, 5.74) is 1.96. The predicted molar refractivity (Wildman–Crippen MR) is 92.8 cm³/mol. The Kier molecular flexibility index (Phi) is 6.70. The minimum atomic E-state index is -0.386. The van der Waals surface area contributed by atoms with Crippen LogP contribution in [-0.4, -0.2) is 19.2 Å². The summed E-state index contributed by atoms with van der Waals surface area (Å²) in [6.07, 6.45) is 3.84. The van der Waals surface area contributed by atoms with Crippen molar-refractivity contribution in [3.05, 3.63) is 70.8 Å². The third kappa shape index (κ3) is 5.80. The molecule has 0 N–H and O–H groups in total. The first-order valence-corrected chi connectivity index (χ1v) is 7.88. The number of carbonyl (C=O) groups excluding carboxylic acids is 1. The summed E-state index contributed by atoms with van der Waals surface area (Å²) in [6.45, 7) is 2.66. The van der Waals surface area contributed by atoms with Crippen LogP contribution in [0.1, 0.15) is 18.1 Å². The highest BCUT2D eigenvalue weighted by atomic mass is 35.5. The van der Waals surface area contributed by atoms with E-state index in [1.54, 1.807) is 31.2 Å². The van der Waals surface area contributed by atoms with E-state index in [-0.39, 0.29) is 5.97 Å². The molecule has 0 saturated carbocycles. The molecule has 0 radical (unpaired) electrons. The number of ether oxygens (including phenoxy) is 2. The van der Waals surface area contributed by atoms with Gasteiger partial charge >= 0.3 is 5.97 Å². The summed E-state index contributed by atoms with van der Waals surface area (Å²) >= 11 is 6.02. The lowest BCUT2D eigenvalue weighted by molar-refractivity contribution is -0.137. The number of hydrogen-bond donors (Lipinski definition) is 0. The Morgan fingerprint density at radius 1 is 1.17 bits per heavy atom. The Morgan fingerprint density at radius 3 is 2.70 bits per heavy atom. The molecule has 0 heterocycles. The normalized spacial score (nSPS) is 10.7. The maximum absolute atomic E-state index is 11.4. The van der Waals surface area contributed by atoms with Crippen LogP contribution in [0.4, 0.5) is 0 Å². The van der Waals surface area contributed by atoms with Gasteiger partial charge in [-0.1, -0.05) is 41.9 Å². The maximum Gasteiger partial charge on any atom is 0.330 e. The van der Waals surface area contributed by atoms with Crippen molar-refractivity contribution in [1.29, 1.82) is 0 Å². The fourth-order valence-electron chi connectivity index (χ4n) is 2.05. The van der Waals surface area contributed by atoms with Crippen LogP contribution in [0.25, 0.3) is 6.08 Å². The van der Waals surface area contributed by atoms with Gasteiger partial charge in [0.2, 0.25) is 0 Å². The molecule has 4 heteroatoms. The topological polar surface area (TPSA) is 35.5 Å². The molecule has 0 aliphatic heterocycles. The number of rotatable bonds is 7. The second-order valence-corrected chi connectivity index (χ2v) is 5.29. The smallest absolute Gasteiger partial charge is 0.330 e. The zero-order valence-corrected chi connectivity index (χ0v) is 13.8. The van der Waals surface area contributed by atoms with Crippen molar-refractivity contribution in [2.24, 2.45) is 0 Å². The molecule has 0 fully saturated rings. The van der Waals surface area contributed by atoms with E-state index >= 15 is 0 Å². The number of halogens is 1. The molecule has 0 amide bonds. The Labute approximate surface area is 141 Å². The van der Waals surface area contributed by atoms with Crippen molar-refractivity contribution < 1.29 is 14.3 Å². The second kappa shape index (κ2) is 9.01. The summed E-state index contributed by atoms with van der Waals surface area (Å²) in [6, 6.07) is 15.5. The minimum Gasteiger partial charge on any atom is -0.493 e. The van der Waals surface area contributed by atoms with Gasteiger partial charge in [0, 0.05) is 23.1 Å². The maximum atomic E-state index is 11.4. The molecule has 0 aliphatic rings. The van der Waals surface area contributed by atoms with Gasteiger partial charge in [-0.05, 0) is 36.8 Å². The Bertz CT molecular complexity index is 666. The van der Waals surface area contributed by atoms with Crippen molar-refractivity contribution in [2.45, 2.75) is 13.3 Å². The lowest BCUT2D eigenvalue weighted by atomic mass is 10.1. The van der Waals surface area contributed by atoms with Gasteiger partial charge in [0.25, 0.3) is 0 Å². The van der Waals surface area contributed by atoms with E-state index in [1.165, 1.54) is 11.6 Å². The summed E-state index contributed by atoms with van der Waals surface area (Å²) in [4.78, 5) is 11.4. The van der Waals surface area contributed by atoms with Crippen molar-refractivity contribution in [3.8, 4) is 5.75 Å². The summed E-state index contributed by atoms with van der Waals surface area (Å²) < 4.78 is 10.7. The Hall–Kier alpha value is -2.26. The van der Waals surface area contributed by atoms with E-state index in [0.717, 1.165) is 12.0 Å². The number of carbonyl (C=O) groups is 1. The Morgan fingerprint density at radius 2 is 1.96 bits per heavy atom. The van der Waals surface area contributed by atoms with Crippen LogP contribution in [-0.2, 0) is 16.0 Å². The molecular weight excluding hydrogens is 312 g/mol. The quantitative estimate of drug-likeness (QED) is 0.552. The van der Waals surface area contributed by atoms with Gasteiger partial charge in [-0.15, -0.1) is 0 Å². The molecule has 2 rings (SSSR count). The molecule has 23 heavy (non-hydrogen) atoms. The lowest BCUT2D eigenvalue weighted by Crippen LogP contribution is -2.03. The van der Waals surface area contributed by atoms with Gasteiger partial charge in [-0.3, -0.25) is 0 Å². The Balaban J connectivity index is 2.01. The van der Waals surface area contributed by atoms with E-state index in [0.29, 0.717) is 24.0 Å². The van der Waals surface area contributed by atoms with Crippen LogP contribution in [0.2, 0.25) is 5.02 Å². The summed E-state index contributed by atoms with van der Waals surface area (Å²) in [5, 5.41) is 0.587. The zero-order chi connectivity index (χ0) is 16.5. The van der Waals surface area contributed by atoms with Gasteiger partial charge in [0.05, 0.1) is 13.2 Å². The first-order chi connectivity index (χ1) is 11.2. The monoisotopic (exact) mass is 330 g/mol. The molecular formula is C19H19ClO3. The van der Waals surface area contributed by atoms with Crippen molar-refractivity contribution in [1.82, 2.24) is 0 Å². The van der Waals surface area contributed by atoms with Gasteiger partial charge in [0.15, 0.2) is 0 Å². The van der Waals surface area contributed by atoms with Crippen LogP contribution in [0.3, 0.4) is 0 Å². The fraction of sp³-hybridized carbons (Fsp3) is 0.211. The van der Waals surface area contributed by atoms with E-state index < -0.39 is 0 Å². The average Bonchev–Trinajstić information content (AvgIpc) is 2.56. The highest BCUT2D eigenvalue weighted by Crippen LogP contribution is 2.24. The van der Waals surface area contributed by atoms with Crippen LogP contribution in [0.5, 0.6) is 5.75 Å². The van der Waals surface area contributed by atoms with Crippen LogP contribution < -0.4 is 4.74 Å². The van der Waals surface area contributed by atoms with Crippen LogP contribution in [0, 0.1) is 0 Å². The van der Waals surface area contributed by atoms with Crippen molar-refractivity contribution in [2.75, 3.05) is 13.2 Å². The molecule has 0 spiro atoms. The standard InChI is InChI=1S/C19H19ClO3/c1-2-22-19(21)11-8-16-14-17(20)9-10-18(16)23-13-12-15-6-4-3-5-7-15/h3-11,14H,2,12-13H2,1H3/b11-8+. The highest BCUT2D eigenvalue weighted by Gasteiger charge is 2.04. The molecule has 120 valence electrons. The van der Waals surface area contributed by atoms with Gasteiger partial charge in [0.1, 0.15) is 5.75 Å². The third-order valence-electron chi connectivity index (χ3n) is 3.15. The zero-order valence-electron chi connectivity index (χ0n) is 13.0. The molecule has 2 aromatic rings. The fourth-order valence-corrected chi connectivity index (χ4v) is 2.23. The molecule has 0 aliphatic carbocycles. The molecule has 3 nitrogen and oxygen atoms in total. The first kappa shape index (κ1) is 17.1. The van der Waals surface area contributed by atoms with Crippen LogP contribution in [0.15, 0.2) is 54.6 Å². The number of hydrogen-bond acceptors (Lipinski definition) is 3. The largest absolute Gasteiger partial charge is 0.493 e. The number of esters is 1. The SMILES string of the molecule is CCOC(=O)/C=C/c1cc(Cl)ccc1OCCc1ccccc1. The molecule has 0 unspecified atom stereocenters. The minimum absolute atomic E-state index is 0.346. The van der Waals surface area contributed by atoms with E-state index in [2.05, 4.69) is 12.1 Å². The summed E-state index contributed by atoms with van der Waals surface area (Å²) in [7, 11) is 0. The van der Waals surface area contributed by atoms with Gasteiger partial charge in [-0.2, -0.15) is 0 Å². The average molecular weight is 331 g/mol. The number of benzene rings is 2. The van der Waals surface area contributed by atoms with E-state index in [4.69, 9.17) is 21.1 Å². The molecule has 0 bridgehead atoms. The third-order valence-corrected chi connectivity index (χ3v) is 3.38. The van der Waals surface area contributed by atoms with E-state index in [9.17, 15) is 4.79 Å². The van der Waals surface area contributed by atoms with E-state index in [1.807, 2.05) is 18.2 Å². The second-order valence-electron chi connectivity index (χ2n) is 4.85. The lowest BCUT2D eigenvalue weighted by Gasteiger charge is -2.10. The molecule has 0 aromatic heterocycles. The van der Waals surface area contributed by atoms with Gasteiger partial charge < -0.3 is 9.47 Å². The predicted octanol–water partition coefficient (Wildman–Crippen LogP) is 4.54. The molecule has 0 atom stereocenters.